The van der Waals surface area contributed by atoms with Crippen molar-refractivity contribution >= 4 is 23.9 Å². The molecule has 1 saturated heterocycles. The number of carboxylic acid groups (broad SMARTS) is 1. The van der Waals surface area contributed by atoms with Gasteiger partial charge in [0, 0.05) is 19.3 Å². The van der Waals surface area contributed by atoms with Crippen molar-refractivity contribution < 1.29 is 58.2 Å². The quantitative estimate of drug-likeness (QED) is 0.0228. The van der Waals surface area contributed by atoms with Gasteiger partial charge < -0.3 is 39.0 Å². The number of carbonyl (C=O) groups is 4. The zero-order chi connectivity index (χ0) is 54.7. The molecule has 0 aromatic heterocycles. The van der Waals surface area contributed by atoms with Crippen molar-refractivity contribution in [2.75, 3.05) is 13.2 Å². The van der Waals surface area contributed by atoms with Crippen LogP contribution in [0.3, 0.4) is 0 Å². The van der Waals surface area contributed by atoms with Crippen LogP contribution < -0.4 is 0 Å². The summed E-state index contributed by atoms with van der Waals surface area (Å²) in [5, 5.41) is 31.5. The van der Waals surface area contributed by atoms with E-state index in [1.165, 1.54) is 38.5 Å². The lowest BCUT2D eigenvalue weighted by molar-refractivity contribution is -0.301. The number of unbranched alkanes of at least 4 members (excludes halogenated alkanes) is 18. The Hall–Kier alpha value is -4.36. The number of hydrogen-bond acceptors (Lipinski definition) is 11. The lowest BCUT2D eigenvalue weighted by atomic mass is 9.98. The number of ether oxygens (including phenoxy) is 5. The van der Waals surface area contributed by atoms with Crippen molar-refractivity contribution in [2.24, 2.45) is 0 Å². The van der Waals surface area contributed by atoms with E-state index in [0.29, 0.717) is 25.7 Å². The van der Waals surface area contributed by atoms with Gasteiger partial charge in [0.15, 0.2) is 24.6 Å². The molecule has 0 aliphatic carbocycles. The third-order valence-electron chi connectivity index (χ3n) is 12.6. The van der Waals surface area contributed by atoms with Crippen LogP contribution in [-0.2, 0) is 42.9 Å². The van der Waals surface area contributed by atoms with E-state index in [9.17, 15) is 34.5 Å². The van der Waals surface area contributed by atoms with Gasteiger partial charge in [0.2, 0.25) is 0 Å². The summed E-state index contributed by atoms with van der Waals surface area (Å²) in [6.45, 7) is 5.71. The molecule has 12 nitrogen and oxygen atoms in total. The van der Waals surface area contributed by atoms with E-state index in [1.54, 1.807) is 0 Å². The molecule has 426 valence electrons. The SMILES string of the molecule is CC/C=C\C/C=C\C/C=C\C/C=C\CCCCC(=O)OC1C(OCC(COC(=O)CCCCCCC/C=C\C/C=C\C/C=C\CC)OC(=O)CCCCCCC/C=C\CCCCCCCC)OC(C(=O)O)C(O)C1O. The van der Waals surface area contributed by atoms with E-state index in [0.717, 1.165) is 122 Å². The zero-order valence-electron chi connectivity index (χ0n) is 46.8. The average Bonchev–Trinajstić information content (AvgIpc) is 3.39. The maximum atomic E-state index is 13.1. The van der Waals surface area contributed by atoms with E-state index < -0.39 is 67.3 Å². The number of carboxylic acids is 1. The molecule has 0 aromatic rings. The number of aliphatic hydroxyl groups excluding tert-OH is 2. The fourth-order valence-corrected chi connectivity index (χ4v) is 8.19. The first-order chi connectivity index (χ1) is 36.6. The standard InChI is InChI=1S/C63H102O12/c1-4-7-10-13-16-19-22-25-28-31-34-37-40-43-46-49-55(64)71-52-54(73-56(65)50-47-44-41-38-35-32-29-26-23-20-17-14-11-8-5-2)53-72-63-61(59(68)58(67)60(75-63)62(69)70)74-57(66)51-48-45-42-39-36-33-30-27-24-21-18-15-12-9-6-3/h7,9-10,12,16,18-19,21,25-30,36,39,54,58-61,63,67-68H,4-6,8,11,13-15,17,20,22-24,31-35,37-38,40-53H2,1-3H3,(H,69,70)/b10-7-,12-9-,19-16-,21-18-,28-25-,29-26-,30-27-,39-36-. The highest BCUT2D eigenvalue weighted by molar-refractivity contribution is 5.74. The smallest absolute Gasteiger partial charge is 0.335 e. The number of aliphatic carboxylic acids is 1. The minimum absolute atomic E-state index is 0.00161. The van der Waals surface area contributed by atoms with E-state index in [2.05, 4.69) is 118 Å². The second kappa shape index (κ2) is 50.5. The highest BCUT2D eigenvalue weighted by atomic mass is 16.7. The van der Waals surface area contributed by atoms with E-state index in [1.807, 2.05) is 0 Å². The number of carbonyl (C=O) groups excluding carboxylic acids is 3. The van der Waals surface area contributed by atoms with Gasteiger partial charge in [-0.25, -0.2) is 4.79 Å². The summed E-state index contributed by atoms with van der Waals surface area (Å²) in [5.41, 5.74) is 0. The molecule has 1 fully saturated rings. The van der Waals surface area contributed by atoms with Crippen LogP contribution in [0.1, 0.15) is 226 Å². The predicted molar refractivity (Wildman–Crippen MR) is 303 cm³/mol. The van der Waals surface area contributed by atoms with Crippen LogP contribution in [-0.4, -0.2) is 89.2 Å². The summed E-state index contributed by atoms with van der Waals surface area (Å²) < 4.78 is 28.3. The molecule has 0 radical (unpaired) electrons. The number of rotatable bonds is 48. The molecule has 1 rings (SSSR count). The molecule has 0 bridgehead atoms. The molecule has 1 aliphatic heterocycles. The Labute approximate surface area is 453 Å². The van der Waals surface area contributed by atoms with Gasteiger partial charge in [-0.15, -0.1) is 0 Å². The van der Waals surface area contributed by atoms with Crippen molar-refractivity contribution in [3.05, 3.63) is 97.2 Å². The summed E-state index contributed by atoms with van der Waals surface area (Å²) in [6.07, 6.45) is 53.8. The minimum atomic E-state index is -1.92. The predicted octanol–water partition coefficient (Wildman–Crippen LogP) is 14.9. The minimum Gasteiger partial charge on any atom is -0.479 e. The first-order valence-electron chi connectivity index (χ1n) is 29.2. The molecule has 6 unspecified atom stereocenters. The lowest BCUT2D eigenvalue weighted by Crippen LogP contribution is -2.61. The molecule has 1 heterocycles. The van der Waals surface area contributed by atoms with Crippen LogP contribution >= 0.6 is 0 Å². The van der Waals surface area contributed by atoms with Crippen molar-refractivity contribution in [1.82, 2.24) is 0 Å². The molecular formula is C63H102O12. The highest BCUT2D eigenvalue weighted by Crippen LogP contribution is 2.26. The molecule has 0 saturated carbocycles. The number of esters is 3. The van der Waals surface area contributed by atoms with Gasteiger partial charge >= 0.3 is 23.9 Å². The summed E-state index contributed by atoms with van der Waals surface area (Å²) in [7, 11) is 0. The second-order valence-electron chi connectivity index (χ2n) is 19.5. The van der Waals surface area contributed by atoms with Crippen LogP contribution in [0.5, 0.6) is 0 Å². The largest absolute Gasteiger partial charge is 0.479 e. The van der Waals surface area contributed by atoms with E-state index in [-0.39, 0.29) is 25.9 Å². The number of allylic oxidation sites excluding steroid dienone is 16. The van der Waals surface area contributed by atoms with Gasteiger partial charge in [0.1, 0.15) is 18.8 Å². The van der Waals surface area contributed by atoms with Crippen molar-refractivity contribution in [2.45, 2.75) is 263 Å². The Balaban J connectivity index is 2.75. The van der Waals surface area contributed by atoms with Crippen molar-refractivity contribution in [3.8, 4) is 0 Å². The highest BCUT2D eigenvalue weighted by Gasteiger charge is 2.50. The van der Waals surface area contributed by atoms with E-state index in [4.69, 9.17) is 23.7 Å². The fourth-order valence-electron chi connectivity index (χ4n) is 8.19. The summed E-state index contributed by atoms with van der Waals surface area (Å²) >= 11 is 0. The first kappa shape index (κ1) is 68.7. The summed E-state index contributed by atoms with van der Waals surface area (Å²) in [6, 6.07) is 0. The Kier molecular flexibility index (Phi) is 46.2. The summed E-state index contributed by atoms with van der Waals surface area (Å²) in [4.78, 5) is 51.1. The monoisotopic (exact) mass is 1050 g/mol. The third kappa shape index (κ3) is 40.6. The maximum Gasteiger partial charge on any atom is 0.335 e. The maximum absolute atomic E-state index is 13.1. The molecule has 0 spiro atoms. The molecule has 12 heteroatoms. The molecule has 3 N–H and O–H groups in total. The van der Waals surface area contributed by atoms with Crippen LogP contribution in [0.25, 0.3) is 0 Å². The normalized spacial score (nSPS) is 18.9. The topological polar surface area (TPSA) is 175 Å². The van der Waals surface area contributed by atoms with Crippen LogP contribution in [0.2, 0.25) is 0 Å². The van der Waals surface area contributed by atoms with Gasteiger partial charge in [-0.1, -0.05) is 189 Å². The summed E-state index contributed by atoms with van der Waals surface area (Å²) in [5.74, 6) is -3.22. The molecule has 75 heavy (non-hydrogen) atoms. The number of hydrogen-bond donors (Lipinski definition) is 3. The molecule has 0 amide bonds. The molecular weight excluding hydrogens is 949 g/mol. The Bertz CT molecular complexity index is 1670. The average molecular weight is 1050 g/mol. The Morgan fingerprint density at radius 1 is 0.453 bits per heavy atom. The first-order valence-corrected chi connectivity index (χ1v) is 29.2. The van der Waals surface area contributed by atoms with Crippen molar-refractivity contribution in [3.63, 3.8) is 0 Å². The fraction of sp³-hybridized carbons (Fsp3) is 0.683. The van der Waals surface area contributed by atoms with Crippen LogP contribution in [0.4, 0.5) is 0 Å². The van der Waals surface area contributed by atoms with Gasteiger partial charge in [-0.05, 0) is 116 Å². The van der Waals surface area contributed by atoms with Crippen LogP contribution in [0.15, 0.2) is 97.2 Å². The van der Waals surface area contributed by atoms with Gasteiger partial charge in [-0.2, -0.15) is 0 Å². The second-order valence-corrected chi connectivity index (χ2v) is 19.5. The molecule has 1 aliphatic rings. The van der Waals surface area contributed by atoms with Crippen molar-refractivity contribution in [1.29, 1.82) is 0 Å². The van der Waals surface area contributed by atoms with Gasteiger partial charge in [-0.3, -0.25) is 14.4 Å². The van der Waals surface area contributed by atoms with Gasteiger partial charge in [0.25, 0.3) is 0 Å². The van der Waals surface area contributed by atoms with Crippen LogP contribution in [0, 0.1) is 0 Å². The number of aliphatic hydroxyl groups is 2. The van der Waals surface area contributed by atoms with Gasteiger partial charge in [0.05, 0.1) is 6.61 Å². The molecule has 6 atom stereocenters. The van der Waals surface area contributed by atoms with E-state index >= 15 is 0 Å². The zero-order valence-corrected chi connectivity index (χ0v) is 46.8. The lowest BCUT2D eigenvalue weighted by Gasteiger charge is -2.40. The molecule has 0 aromatic carbocycles. The Morgan fingerprint density at radius 2 is 0.840 bits per heavy atom. The third-order valence-corrected chi connectivity index (χ3v) is 12.6. The Morgan fingerprint density at radius 3 is 1.32 bits per heavy atom.